The Morgan fingerprint density at radius 1 is 1.37 bits per heavy atom. The SMILES string of the molecule is CC(O)CNCCNS(=O)(=O)c1ccccc1C#N. The molecule has 6 nitrogen and oxygen atoms in total. The summed E-state index contributed by atoms with van der Waals surface area (Å²) in [5, 5.41) is 20.8. The summed E-state index contributed by atoms with van der Waals surface area (Å²) in [4.78, 5) is -0.0203. The van der Waals surface area contributed by atoms with Crippen LogP contribution in [0.1, 0.15) is 12.5 Å². The summed E-state index contributed by atoms with van der Waals surface area (Å²) in [6.45, 7) is 2.63. The highest BCUT2D eigenvalue weighted by atomic mass is 32.2. The van der Waals surface area contributed by atoms with Gasteiger partial charge in [0.2, 0.25) is 10.0 Å². The Morgan fingerprint density at radius 2 is 2.05 bits per heavy atom. The molecule has 0 spiro atoms. The summed E-state index contributed by atoms with van der Waals surface area (Å²) < 4.78 is 26.3. The number of rotatable bonds is 7. The Kier molecular flexibility index (Phi) is 5.92. The molecule has 0 radical (unpaired) electrons. The quantitative estimate of drug-likeness (QED) is 0.602. The molecule has 0 saturated heterocycles. The average molecular weight is 283 g/mol. The monoisotopic (exact) mass is 283 g/mol. The van der Waals surface area contributed by atoms with Crippen molar-refractivity contribution in [3.63, 3.8) is 0 Å². The number of nitrogens with zero attached hydrogens (tertiary/aromatic N) is 1. The van der Waals surface area contributed by atoms with Crippen molar-refractivity contribution in [2.24, 2.45) is 0 Å². The lowest BCUT2D eigenvalue weighted by Crippen LogP contribution is -2.34. The highest BCUT2D eigenvalue weighted by Gasteiger charge is 2.17. The number of aliphatic hydroxyl groups is 1. The number of hydrogen-bond acceptors (Lipinski definition) is 5. The topological polar surface area (TPSA) is 102 Å². The van der Waals surface area contributed by atoms with Gasteiger partial charge in [-0.3, -0.25) is 0 Å². The number of nitriles is 1. The second kappa shape index (κ2) is 7.21. The van der Waals surface area contributed by atoms with E-state index >= 15 is 0 Å². The highest BCUT2D eigenvalue weighted by Crippen LogP contribution is 2.13. The molecule has 0 amide bonds. The molecule has 0 aliphatic heterocycles. The average Bonchev–Trinajstić information content (AvgIpc) is 2.37. The Morgan fingerprint density at radius 3 is 2.68 bits per heavy atom. The van der Waals surface area contributed by atoms with Gasteiger partial charge in [-0.1, -0.05) is 12.1 Å². The van der Waals surface area contributed by atoms with E-state index in [2.05, 4.69) is 10.0 Å². The van der Waals surface area contributed by atoms with E-state index in [1.807, 2.05) is 6.07 Å². The highest BCUT2D eigenvalue weighted by molar-refractivity contribution is 7.89. The van der Waals surface area contributed by atoms with Crippen molar-refractivity contribution in [3.05, 3.63) is 29.8 Å². The predicted octanol–water partition coefficient (Wildman–Crippen LogP) is -0.193. The van der Waals surface area contributed by atoms with Gasteiger partial charge in [0.1, 0.15) is 6.07 Å². The maximum absolute atomic E-state index is 12.0. The Balaban J connectivity index is 2.60. The van der Waals surface area contributed by atoms with Crippen molar-refractivity contribution in [1.82, 2.24) is 10.0 Å². The summed E-state index contributed by atoms with van der Waals surface area (Å²) in [5.74, 6) is 0. The molecule has 0 fully saturated rings. The fourth-order valence-corrected chi connectivity index (χ4v) is 2.64. The molecule has 19 heavy (non-hydrogen) atoms. The van der Waals surface area contributed by atoms with Gasteiger partial charge in [-0.2, -0.15) is 5.26 Å². The van der Waals surface area contributed by atoms with Crippen molar-refractivity contribution in [2.45, 2.75) is 17.9 Å². The van der Waals surface area contributed by atoms with Gasteiger partial charge in [-0.15, -0.1) is 0 Å². The first-order valence-corrected chi connectivity index (χ1v) is 7.33. The minimum absolute atomic E-state index is 0.0203. The van der Waals surface area contributed by atoms with Gasteiger partial charge in [0, 0.05) is 19.6 Å². The molecule has 1 unspecified atom stereocenters. The molecule has 104 valence electrons. The fraction of sp³-hybridized carbons (Fsp3) is 0.417. The van der Waals surface area contributed by atoms with E-state index < -0.39 is 16.1 Å². The van der Waals surface area contributed by atoms with Crippen molar-refractivity contribution >= 4 is 10.0 Å². The minimum Gasteiger partial charge on any atom is -0.392 e. The molecule has 0 aromatic heterocycles. The summed E-state index contributed by atoms with van der Waals surface area (Å²) >= 11 is 0. The van der Waals surface area contributed by atoms with Crippen LogP contribution in [0.2, 0.25) is 0 Å². The molecular weight excluding hydrogens is 266 g/mol. The number of benzene rings is 1. The smallest absolute Gasteiger partial charge is 0.241 e. The second-order valence-corrected chi connectivity index (χ2v) is 5.79. The summed E-state index contributed by atoms with van der Waals surface area (Å²) in [6.07, 6.45) is -0.476. The molecule has 7 heteroatoms. The lowest BCUT2D eigenvalue weighted by atomic mass is 10.2. The minimum atomic E-state index is -3.68. The van der Waals surface area contributed by atoms with E-state index in [1.165, 1.54) is 12.1 Å². The van der Waals surface area contributed by atoms with E-state index in [0.29, 0.717) is 13.1 Å². The van der Waals surface area contributed by atoms with Gasteiger partial charge in [0.05, 0.1) is 16.6 Å². The van der Waals surface area contributed by atoms with E-state index in [0.717, 1.165) is 0 Å². The molecule has 0 aliphatic rings. The summed E-state index contributed by atoms with van der Waals surface area (Å²) in [6, 6.07) is 7.89. The number of hydrogen-bond donors (Lipinski definition) is 3. The molecule has 0 bridgehead atoms. The van der Waals surface area contributed by atoms with Gasteiger partial charge >= 0.3 is 0 Å². The van der Waals surface area contributed by atoms with Crippen LogP contribution >= 0.6 is 0 Å². The van der Waals surface area contributed by atoms with Crippen molar-refractivity contribution in [3.8, 4) is 6.07 Å². The summed E-state index contributed by atoms with van der Waals surface area (Å²) in [5.41, 5.74) is 0.118. The lowest BCUT2D eigenvalue weighted by Gasteiger charge is -2.09. The predicted molar refractivity (Wildman–Crippen MR) is 70.9 cm³/mol. The van der Waals surface area contributed by atoms with Gasteiger partial charge < -0.3 is 10.4 Å². The van der Waals surface area contributed by atoms with E-state index in [9.17, 15) is 8.42 Å². The molecule has 0 saturated carbocycles. The fourth-order valence-electron chi connectivity index (χ4n) is 1.46. The number of nitrogens with one attached hydrogen (secondary N) is 2. The lowest BCUT2D eigenvalue weighted by molar-refractivity contribution is 0.192. The molecule has 0 heterocycles. The Labute approximate surface area is 113 Å². The molecule has 0 aliphatic carbocycles. The van der Waals surface area contributed by atoms with Crippen LogP contribution in [0.4, 0.5) is 0 Å². The molecule has 1 aromatic rings. The zero-order valence-electron chi connectivity index (χ0n) is 10.6. The van der Waals surface area contributed by atoms with E-state index in [-0.39, 0.29) is 17.0 Å². The van der Waals surface area contributed by atoms with Gasteiger partial charge in [-0.05, 0) is 19.1 Å². The molecule has 1 rings (SSSR count). The molecule has 1 atom stereocenters. The second-order valence-electron chi connectivity index (χ2n) is 4.06. The zero-order chi connectivity index (χ0) is 14.3. The van der Waals surface area contributed by atoms with E-state index in [4.69, 9.17) is 10.4 Å². The van der Waals surface area contributed by atoms with Crippen LogP contribution in [0.3, 0.4) is 0 Å². The van der Waals surface area contributed by atoms with Crippen LogP contribution in [0.15, 0.2) is 29.2 Å². The van der Waals surface area contributed by atoms with Crippen LogP contribution in [-0.2, 0) is 10.0 Å². The van der Waals surface area contributed by atoms with E-state index in [1.54, 1.807) is 19.1 Å². The molecule has 1 aromatic carbocycles. The standard InChI is InChI=1S/C12H17N3O3S/c1-10(16)9-14-6-7-15-19(17,18)12-5-3-2-4-11(12)8-13/h2-5,10,14-16H,6-7,9H2,1H3. The number of aliphatic hydroxyl groups excluding tert-OH is 1. The Bertz CT molecular complexity index is 550. The first kappa shape index (κ1) is 15.6. The van der Waals surface area contributed by atoms with Crippen molar-refractivity contribution in [1.29, 1.82) is 5.26 Å². The van der Waals surface area contributed by atoms with Crippen LogP contribution in [0.25, 0.3) is 0 Å². The van der Waals surface area contributed by atoms with Crippen molar-refractivity contribution in [2.75, 3.05) is 19.6 Å². The third-order valence-corrected chi connectivity index (χ3v) is 3.85. The van der Waals surface area contributed by atoms with Crippen LogP contribution in [0, 0.1) is 11.3 Å². The van der Waals surface area contributed by atoms with Gasteiger partial charge in [-0.25, -0.2) is 13.1 Å². The van der Waals surface area contributed by atoms with Crippen LogP contribution in [0.5, 0.6) is 0 Å². The van der Waals surface area contributed by atoms with Crippen LogP contribution in [-0.4, -0.2) is 39.3 Å². The number of sulfonamides is 1. The third kappa shape index (κ3) is 4.96. The largest absolute Gasteiger partial charge is 0.392 e. The molecule has 3 N–H and O–H groups in total. The van der Waals surface area contributed by atoms with Crippen molar-refractivity contribution < 1.29 is 13.5 Å². The maximum atomic E-state index is 12.0. The summed E-state index contributed by atoms with van der Waals surface area (Å²) in [7, 11) is -3.68. The normalized spacial score (nSPS) is 12.9. The van der Waals surface area contributed by atoms with Gasteiger partial charge in [0.15, 0.2) is 0 Å². The van der Waals surface area contributed by atoms with Crippen LogP contribution < -0.4 is 10.0 Å². The first-order valence-electron chi connectivity index (χ1n) is 5.85. The van der Waals surface area contributed by atoms with Gasteiger partial charge in [0.25, 0.3) is 0 Å². The Hall–Kier alpha value is -1.46. The first-order chi connectivity index (χ1) is 8.97. The zero-order valence-corrected chi connectivity index (χ0v) is 11.4. The maximum Gasteiger partial charge on any atom is 0.241 e. The molecular formula is C12H17N3O3S. The third-order valence-electron chi connectivity index (χ3n) is 2.33.